The molecule has 8 heteroatoms. The molecule has 0 aliphatic heterocycles. The highest BCUT2D eigenvalue weighted by Crippen LogP contribution is 2.25. The van der Waals surface area contributed by atoms with Crippen molar-refractivity contribution in [1.82, 2.24) is 25.4 Å². The van der Waals surface area contributed by atoms with Crippen LogP contribution in [0.3, 0.4) is 0 Å². The number of carbonyl (C=O) groups excluding carboxylic acids is 2. The number of nitrogens with zero attached hydrogens (tertiary/aromatic N) is 3. The highest BCUT2D eigenvalue weighted by atomic mass is 32.2. The second-order valence-corrected chi connectivity index (χ2v) is 7.01. The molecule has 1 aliphatic carbocycles. The third kappa shape index (κ3) is 3.94. The lowest BCUT2D eigenvalue weighted by molar-refractivity contribution is -0.119. The molecule has 7 nitrogen and oxygen atoms in total. The van der Waals surface area contributed by atoms with E-state index in [0.29, 0.717) is 5.16 Å². The Hall–Kier alpha value is -2.35. The Kier molecular flexibility index (Phi) is 4.84. The van der Waals surface area contributed by atoms with E-state index >= 15 is 0 Å². The first kappa shape index (κ1) is 16.5. The first-order chi connectivity index (χ1) is 11.5. The van der Waals surface area contributed by atoms with Crippen molar-refractivity contribution in [1.29, 1.82) is 0 Å². The molecule has 0 bridgehead atoms. The van der Waals surface area contributed by atoms with Gasteiger partial charge in [0.1, 0.15) is 5.82 Å². The molecule has 1 aromatic carbocycles. The Bertz CT molecular complexity index is 742. The van der Waals surface area contributed by atoms with Gasteiger partial charge in [0.05, 0.1) is 5.25 Å². The first-order valence-corrected chi connectivity index (χ1v) is 8.68. The van der Waals surface area contributed by atoms with E-state index in [0.717, 1.165) is 24.4 Å². The van der Waals surface area contributed by atoms with E-state index in [4.69, 9.17) is 0 Å². The lowest BCUT2D eigenvalue weighted by Crippen LogP contribution is -2.43. The quantitative estimate of drug-likeness (QED) is 0.810. The van der Waals surface area contributed by atoms with Crippen LogP contribution in [0.1, 0.15) is 25.6 Å². The van der Waals surface area contributed by atoms with E-state index in [2.05, 4.69) is 20.8 Å². The number of nitrogens with one attached hydrogen (secondary N) is 2. The van der Waals surface area contributed by atoms with Gasteiger partial charge in [0.15, 0.2) is 5.16 Å². The zero-order chi connectivity index (χ0) is 17.1. The molecule has 0 spiro atoms. The second-order valence-electron chi connectivity index (χ2n) is 5.70. The molecule has 0 unspecified atom stereocenters. The van der Waals surface area contributed by atoms with Crippen LogP contribution in [-0.4, -0.2) is 38.0 Å². The summed E-state index contributed by atoms with van der Waals surface area (Å²) in [4.78, 5) is 23.8. The number of aromatic nitrogens is 3. The van der Waals surface area contributed by atoms with Gasteiger partial charge in [-0.05, 0) is 38.8 Å². The number of urea groups is 1. The van der Waals surface area contributed by atoms with Gasteiger partial charge >= 0.3 is 6.03 Å². The number of carbonyl (C=O) groups is 2. The number of benzene rings is 1. The Morgan fingerprint density at radius 1 is 1.25 bits per heavy atom. The topological polar surface area (TPSA) is 88.9 Å². The number of hydrogen-bond acceptors (Lipinski definition) is 5. The summed E-state index contributed by atoms with van der Waals surface area (Å²) in [6.07, 6.45) is 1.96. The van der Waals surface area contributed by atoms with E-state index in [-0.39, 0.29) is 11.9 Å². The molecule has 3 amide bonds. The van der Waals surface area contributed by atoms with Crippen molar-refractivity contribution in [2.45, 2.75) is 43.1 Å². The largest absolute Gasteiger partial charge is 0.335 e. The molecular weight excluding hydrogens is 326 g/mol. The molecule has 3 rings (SSSR count). The lowest BCUT2D eigenvalue weighted by atomic mass is 10.3. The van der Waals surface area contributed by atoms with Crippen LogP contribution in [0.5, 0.6) is 0 Å². The Balaban J connectivity index is 1.67. The summed E-state index contributed by atoms with van der Waals surface area (Å²) in [7, 11) is 0. The maximum Gasteiger partial charge on any atom is 0.321 e. The van der Waals surface area contributed by atoms with Crippen LogP contribution in [0.25, 0.3) is 5.69 Å². The summed E-state index contributed by atoms with van der Waals surface area (Å²) in [5.74, 6) is 0.390. The molecule has 1 heterocycles. The van der Waals surface area contributed by atoms with Crippen LogP contribution >= 0.6 is 11.8 Å². The number of imide groups is 1. The van der Waals surface area contributed by atoms with Gasteiger partial charge in [-0.2, -0.15) is 0 Å². The monoisotopic (exact) mass is 345 g/mol. The van der Waals surface area contributed by atoms with Gasteiger partial charge in [-0.15, -0.1) is 10.2 Å². The van der Waals surface area contributed by atoms with Crippen LogP contribution in [0, 0.1) is 6.92 Å². The normalized spacial score (nSPS) is 14.9. The predicted molar refractivity (Wildman–Crippen MR) is 91.1 cm³/mol. The fraction of sp³-hybridized carbons (Fsp3) is 0.375. The molecule has 1 saturated carbocycles. The predicted octanol–water partition coefficient (Wildman–Crippen LogP) is 2.04. The highest BCUT2D eigenvalue weighted by Gasteiger charge is 2.26. The minimum Gasteiger partial charge on any atom is -0.335 e. The lowest BCUT2D eigenvalue weighted by Gasteiger charge is -2.13. The van der Waals surface area contributed by atoms with Crippen LogP contribution in [0.15, 0.2) is 35.5 Å². The van der Waals surface area contributed by atoms with Gasteiger partial charge in [0.25, 0.3) is 0 Å². The van der Waals surface area contributed by atoms with Crippen molar-refractivity contribution >= 4 is 23.7 Å². The molecule has 0 saturated heterocycles. The molecule has 1 atom stereocenters. The molecule has 1 aliphatic rings. The highest BCUT2D eigenvalue weighted by molar-refractivity contribution is 8.00. The van der Waals surface area contributed by atoms with Gasteiger partial charge in [-0.3, -0.25) is 14.7 Å². The summed E-state index contributed by atoms with van der Waals surface area (Å²) < 4.78 is 1.89. The van der Waals surface area contributed by atoms with Gasteiger partial charge < -0.3 is 5.32 Å². The summed E-state index contributed by atoms with van der Waals surface area (Å²) >= 11 is 1.27. The second kappa shape index (κ2) is 7.04. The number of thioether (sulfide) groups is 1. The Morgan fingerprint density at radius 3 is 2.62 bits per heavy atom. The summed E-state index contributed by atoms with van der Waals surface area (Å²) in [6.45, 7) is 3.60. The first-order valence-electron chi connectivity index (χ1n) is 7.80. The Morgan fingerprint density at radius 2 is 1.96 bits per heavy atom. The molecule has 24 heavy (non-hydrogen) atoms. The minimum absolute atomic E-state index is 0.213. The number of hydrogen-bond donors (Lipinski definition) is 2. The number of amides is 3. The van der Waals surface area contributed by atoms with Crippen LogP contribution in [0.2, 0.25) is 0 Å². The standard InChI is InChI=1S/C16H19N5O2S/c1-10(14(22)18-15(23)17-12-8-9-12)24-16-20-19-11(2)21(16)13-6-4-3-5-7-13/h3-7,10,12H,8-9H2,1-2H3,(H2,17,18,22,23)/t10-/m0/s1. The van der Waals surface area contributed by atoms with Crippen molar-refractivity contribution in [3.05, 3.63) is 36.2 Å². The maximum absolute atomic E-state index is 12.2. The SMILES string of the molecule is Cc1nnc(S[C@@H](C)C(=O)NC(=O)NC2CC2)n1-c1ccccc1. The zero-order valence-corrected chi connectivity index (χ0v) is 14.3. The van der Waals surface area contributed by atoms with Crippen LogP contribution < -0.4 is 10.6 Å². The molecular formula is C16H19N5O2S. The fourth-order valence-corrected chi connectivity index (χ4v) is 3.08. The number of rotatable bonds is 5. The molecule has 0 radical (unpaired) electrons. The van der Waals surface area contributed by atoms with Crippen molar-refractivity contribution < 1.29 is 9.59 Å². The Labute approximate surface area is 144 Å². The number of para-hydroxylation sites is 1. The summed E-state index contributed by atoms with van der Waals surface area (Å²) in [5, 5.41) is 13.5. The van der Waals surface area contributed by atoms with Crippen molar-refractivity contribution in [2.75, 3.05) is 0 Å². The summed E-state index contributed by atoms with van der Waals surface area (Å²) in [6, 6.07) is 9.48. The van der Waals surface area contributed by atoms with Crippen molar-refractivity contribution in [3.8, 4) is 5.69 Å². The minimum atomic E-state index is -0.471. The summed E-state index contributed by atoms with van der Waals surface area (Å²) in [5.41, 5.74) is 0.932. The average Bonchev–Trinajstić information content (AvgIpc) is 3.30. The molecule has 2 aromatic rings. The van der Waals surface area contributed by atoms with Gasteiger partial charge in [0, 0.05) is 11.7 Å². The van der Waals surface area contributed by atoms with Gasteiger partial charge in [-0.1, -0.05) is 30.0 Å². The smallest absolute Gasteiger partial charge is 0.321 e. The van der Waals surface area contributed by atoms with E-state index in [1.54, 1.807) is 6.92 Å². The van der Waals surface area contributed by atoms with E-state index in [1.807, 2.05) is 41.8 Å². The van der Waals surface area contributed by atoms with Gasteiger partial charge in [-0.25, -0.2) is 4.79 Å². The molecule has 1 aromatic heterocycles. The van der Waals surface area contributed by atoms with Crippen LogP contribution in [0.4, 0.5) is 4.79 Å². The van der Waals surface area contributed by atoms with E-state index in [1.165, 1.54) is 11.8 Å². The van der Waals surface area contributed by atoms with Gasteiger partial charge in [0.2, 0.25) is 5.91 Å². The molecule has 1 fully saturated rings. The van der Waals surface area contributed by atoms with Crippen LogP contribution in [-0.2, 0) is 4.79 Å². The third-order valence-corrected chi connectivity index (χ3v) is 4.65. The van der Waals surface area contributed by atoms with Crippen molar-refractivity contribution in [2.24, 2.45) is 0 Å². The molecule has 2 N–H and O–H groups in total. The molecule has 126 valence electrons. The van der Waals surface area contributed by atoms with E-state index in [9.17, 15) is 9.59 Å². The van der Waals surface area contributed by atoms with E-state index < -0.39 is 11.3 Å². The number of aryl methyl sites for hydroxylation is 1. The average molecular weight is 345 g/mol. The third-order valence-electron chi connectivity index (χ3n) is 3.61. The fourth-order valence-electron chi connectivity index (χ4n) is 2.17. The van der Waals surface area contributed by atoms with Crippen molar-refractivity contribution in [3.63, 3.8) is 0 Å². The zero-order valence-electron chi connectivity index (χ0n) is 13.5. The maximum atomic E-state index is 12.2.